The second-order valence-corrected chi connectivity index (χ2v) is 8.01. The molecule has 0 radical (unpaired) electrons. The molecule has 1 unspecified atom stereocenters. The van der Waals surface area contributed by atoms with Crippen LogP contribution < -0.4 is 20.7 Å². The van der Waals surface area contributed by atoms with Gasteiger partial charge >= 0.3 is 12.2 Å². The molecule has 0 aliphatic carbocycles. The van der Waals surface area contributed by atoms with Crippen LogP contribution in [0.2, 0.25) is 0 Å². The van der Waals surface area contributed by atoms with E-state index < -0.39 is 38.7 Å². The molecule has 0 saturated carbocycles. The summed E-state index contributed by atoms with van der Waals surface area (Å²) in [5, 5.41) is 1.46. The fraction of sp³-hybridized carbons (Fsp3) is 0.176. The molecule has 154 valence electrons. The predicted octanol–water partition coefficient (Wildman–Crippen LogP) is 1.87. The molecule has 0 spiro atoms. The molecule has 4 N–H and O–H groups in total. The lowest BCUT2D eigenvalue weighted by Gasteiger charge is -2.29. The zero-order valence-electron chi connectivity index (χ0n) is 14.8. The van der Waals surface area contributed by atoms with E-state index in [1.165, 1.54) is 40.4 Å². The van der Waals surface area contributed by atoms with Gasteiger partial charge in [0.05, 0.1) is 10.6 Å². The summed E-state index contributed by atoms with van der Waals surface area (Å²) < 4.78 is 68.1. The minimum absolute atomic E-state index is 0.134. The van der Waals surface area contributed by atoms with Gasteiger partial charge in [0, 0.05) is 5.69 Å². The van der Waals surface area contributed by atoms with E-state index in [-0.39, 0.29) is 16.3 Å². The van der Waals surface area contributed by atoms with Gasteiger partial charge in [-0.3, -0.25) is 4.79 Å². The third-order valence-electron chi connectivity index (χ3n) is 4.18. The number of nitrogen functional groups attached to an aromatic ring is 1. The average molecular weight is 428 g/mol. The molecule has 29 heavy (non-hydrogen) atoms. The van der Waals surface area contributed by atoms with Crippen LogP contribution in [-0.2, 0) is 14.8 Å². The standard InChI is InChI=1S/C17H15F3N4O4S/c1-10-3-2-4-12(9-10)24-14(25)16(17(18,19)20,22-15(24)26)23-29(27,28)13-7-5-11(21)6-8-13/h2-9,23H,21H2,1H3,(H,22,26). The van der Waals surface area contributed by atoms with Crippen molar-refractivity contribution in [1.82, 2.24) is 10.0 Å². The van der Waals surface area contributed by atoms with Gasteiger partial charge < -0.3 is 11.1 Å². The zero-order valence-corrected chi connectivity index (χ0v) is 15.6. The Morgan fingerprint density at radius 1 is 1.10 bits per heavy atom. The Hall–Kier alpha value is -3.12. The second kappa shape index (κ2) is 6.74. The van der Waals surface area contributed by atoms with Gasteiger partial charge in [-0.1, -0.05) is 12.1 Å². The molecule has 3 amide bonds. The summed E-state index contributed by atoms with van der Waals surface area (Å²) in [6, 6.07) is 8.50. The molecule has 1 aliphatic rings. The molecular weight excluding hydrogens is 413 g/mol. The van der Waals surface area contributed by atoms with Gasteiger partial charge in [-0.2, -0.15) is 17.9 Å². The normalized spacial score (nSPS) is 20.1. The first-order valence-corrected chi connectivity index (χ1v) is 9.55. The highest BCUT2D eigenvalue weighted by molar-refractivity contribution is 7.89. The maximum absolute atomic E-state index is 13.9. The molecule has 8 nitrogen and oxygen atoms in total. The van der Waals surface area contributed by atoms with Crippen molar-refractivity contribution in [3.63, 3.8) is 0 Å². The summed E-state index contributed by atoms with van der Waals surface area (Å²) in [6.07, 6.45) is -5.47. The predicted molar refractivity (Wildman–Crippen MR) is 97.2 cm³/mol. The molecule has 3 rings (SSSR count). The molecule has 2 aromatic carbocycles. The van der Waals surface area contributed by atoms with E-state index in [0.717, 1.165) is 12.1 Å². The van der Waals surface area contributed by atoms with Gasteiger partial charge in [0.2, 0.25) is 10.0 Å². The number of anilines is 2. The fourth-order valence-corrected chi connectivity index (χ4v) is 4.03. The number of amides is 3. The minimum Gasteiger partial charge on any atom is -0.399 e. The molecule has 1 atom stereocenters. The highest BCUT2D eigenvalue weighted by atomic mass is 32.2. The van der Waals surface area contributed by atoms with Crippen LogP contribution in [0.15, 0.2) is 53.4 Å². The van der Waals surface area contributed by atoms with Gasteiger partial charge in [-0.15, -0.1) is 0 Å². The number of hydrogen-bond donors (Lipinski definition) is 3. The lowest BCUT2D eigenvalue weighted by Crippen LogP contribution is -2.69. The van der Waals surface area contributed by atoms with Gasteiger partial charge in [0.25, 0.3) is 11.6 Å². The monoisotopic (exact) mass is 428 g/mol. The van der Waals surface area contributed by atoms with Crippen LogP contribution in [-0.4, -0.2) is 32.2 Å². The number of hydrogen-bond acceptors (Lipinski definition) is 5. The number of nitrogens with zero attached hydrogens (tertiary/aromatic N) is 1. The number of nitrogens with one attached hydrogen (secondary N) is 2. The molecular formula is C17H15F3N4O4S. The van der Waals surface area contributed by atoms with Crippen molar-refractivity contribution in [2.75, 3.05) is 10.6 Å². The first kappa shape index (κ1) is 20.6. The third-order valence-corrected chi connectivity index (χ3v) is 5.65. The number of imide groups is 1. The fourth-order valence-electron chi connectivity index (χ4n) is 2.76. The van der Waals surface area contributed by atoms with E-state index in [4.69, 9.17) is 5.73 Å². The van der Waals surface area contributed by atoms with Crippen molar-refractivity contribution in [1.29, 1.82) is 0 Å². The van der Waals surface area contributed by atoms with Crippen LogP contribution in [0.4, 0.5) is 29.3 Å². The number of aryl methyl sites for hydroxylation is 1. The summed E-state index contributed by atoms with van der Waals surface area (Å²) in [5.41, 5.74) is 2.21. The van der Waals surface area contributed by atoms with Gasteiger partial charge in [-0.05, 0) is 48.9 Å². The van der Waals surface area contributed by atoms with Crippen molar-refractivity contribution in [2.45, 2.75) is 23.7 Å². The summed E-state index contributed by atoms with van der Waals surface area (Å²) >= 11 is 0. The molecule has 2 aromatic rings. The SMILES string of the molecule is Cc1cccc(N2C(=O)NC(NS(=O)(=O)c3ccc(N)cc3)(C(F)(F)F)C2=O)c1. The van der Waals surface area contributed by atoms with E-state index in [9.17, 15) is 31.2 Å². The van der Waals surface area contributed by atoms with Crippen LogP contribution >= 0.6 is 0 Å². The summed E-state index contributed by atoms with van der Waals surface area (Å²) in [7, 11) is -4.86. The van der Waals surface area contributed by atoms with Crippen LogP contribution in [0.1, 0.15) is 5.56 Å². The number of rotatable bonds is 4. The maximum Gasteiger partial charge on any atom is 0.435 e. The molecule has 1 heterocycles. The number of carbonyl (C=O) groups excluding carboxylic acids is 2. The lowest BCUT2D eigenvalue weighted by molar-refractivity contribution is -0.194. The number of alkyl halides is 3. The highest BCUT2D eigenvalue weighted by Gasteiger charge is 2.69. The average Bonchev–Trinajstić information content (AvgIpc) is 2.85. The van der Waals surface area contributed by atoms with E-state index in [1.54, 1.807) is 13.0 Å². The minimum atomic E-state index is -5.47. The second-order valence-electron chi connectivity index (χ2n) is 6.33. The first-order valence-electron chi connectivity index (χ1n) is 8.07. The third kappa shape index (κ3) is 3.51. The molecule has 1 aliphatic heterocycles. The highest BCUT2D eigenvalue weighted by Crippen LogP contribution is 2.37. The van der Waals surface area contributed by atoms with Crippen molar-refractivity contribution in [3.05, 3.63) is 54.1 Å². The first-order chi connectivity index (χ1) is 13.4. The largest absolute Gasteiger partial charge is 0.435 e. The van der Waals surface area contributed by atoms with Gasteiger partial charge in [0.15, 0.2) is 0 Å². The van der Waals surface area contributed by atoms with Crippen molar-refractivity contribution in [3.8, 4) is 0 Å². The molecule has 1 saturated heterocycles. The van der Waals surface area contributed by atoms with E-state index in [1.807, 2.05) is 0 Å². The maximum atomic E-state index is 13.9. The number of carbonyl (C=O) groups is 2. The molecule has 12 heteroatoms. The Balaban J connectivity index is 2.08. The Morgan fingerprint density at radius 2 is 1.72 bits per heavy atom. The zero-order chi connectivity index (χ0) is 21.6. The Labute approximate surface area is 163 Å². The quantitative estimate of drug-likeness (QED) is 0.507. The number of sulfonamides is 1. The van der Waals surface area contributed by atoms with E-state index >= 15 is 0 Å². The van der Waals surface area contributed by atoms with Crippen LogP contribution in [0, 0.1) is 6.92 Å². The Morgan fingerprint density at radius 3 is 2.28 bits per heavy atom. The van der Waals surface area contributed by atoms with E-state index in [2.05, 4.69) is 0 Å². The molecule has 1 fully saturated rings. The number of benzene rings is 2. The summed E-state index contributed by atoms with van der Waals surface area (Å²) in [4.78, 5) is 24.7. The number of urea groups is 1. The van der Waals surface area contributed by atoms with Crippen LogP contribution in [0.5, 0.6) is 0 Å². The summed E-state index contributed by atoms with van der Waals surface area (Å²) in [5.74, 6) is -1.82. The Kier molecular flexibility index (Phi) is 4.79. The van der Waals surface area contributed by atoms with Crippen LogP contribution in [0.25, 0.3) is 0 Å². The molecule has 0 aromatic heterocycles. The number of halogens is 3. The topological polar surface area (TPSA) is 122 Å². The van der Waals surface area contributed by atoms with Crippen molar-refractivity contribution in [2.24, 2.45) is 0 Å². The van der Waals surface area contributed by atoms with Crippen molar-refractivity contribution < 1.29 is 31.2 Å². The van der Waals surface area contributed by atoms with E-state index in [0.29, 0.717) is 5.56 Å². The summed E-state index contributed by atoms with van der Waals surface area (Å²) in [6.45, 7) is 1.61. The number of nitrogens with two attached hydrogens (primary N) is 1. The van der Waals surface area contributed by atoms with Gasteiger partial charge in [0.1, 0.15) is 0 Å². The Bertz CT molecular complexity index is 1090. The van der Waals surface area contributed by atoms with Crippen LogP contribution in [0.3, 0.4) is 0 Å². The molecule has 0 bridgehead atoms. The smallest absolute Gasteiger partial charge is 0.399 e. The van der Waals surface area contributed by atoms with Gasteiger partial charge in [-0.25, -0.2) is 18.1 Å². The van der Waals surface area contributed by atoms with Crippen molar-refractivity contribution >= 4 is 33.3 Å². The lowest BCUT2D eigenvalue weighted by atomic mass is 10.1.